The van der Waals surface area contributed by atoms with Crippen LogP contribution >= 0.6 is 11.3 Å². The topological polar surface area (TPSA) is 45.9 Å². The maximum atomic E-state index is 12.8. The predicted molar refractivity (Wildman–Crippen MR) is 106 cm³/mol. The van der Waals surface area contributed by atoms with Gasteiger partial charge in [0.2, 0.25) is 0 Å². The Morgan fingerprint density at radius 2 is 1.83 bits per heavy atom. The Bertz CT molecular complexity index is 933. The molecule has 0 spiro atoms. The number of halogens is 2. The first-order valence-electron chi connectivity index (χ1n) is 9.27. The van der Waals surface area contributed by atoms with E-state index in [1.54, 1.807) is 18.4 Å². The summed E-state index contributed by atoms with van der Waals surface area (Å²) >= 11 is 1.40. The molecule has 8 heteroatoms. The van der Waals surface area contributed by atoms with Crippen LogP contribution in [0.5, 0.6) is 5.75 Å². The maximum absolute atomic E-state index is 12.8. The quantitative estimate of drug-likeness (QED) is 0.589. The van der Waals surface area contributed by atoms with Gasteiger partial charge in [-0.2, -0.15) is 8.78 Å². The Morgan fingerprint density at radius 3 is 2.48 bits per heavy atom. The number of piperazine rings is 1. The summed E-state index contributed by atoms with van der Waals surface area (Å²) in [4.78, 5) is 18.6. The number of rotatable bonds is 6. The summed E-state index contributed by atoms with van der Waals surface area (Å²) in [5, 5.41) is 0. The van der Waals surface area contributed by atoms with Crippen LogP contribution in [0.25, 0.3) is 10.4 Å². The Kier molecular flexibility index (Phi) is 5.92. The van der Waals surface area contributed by atoms with Gasteiger partial charge < -0.3 is 14.1 Å². The third-order valence-electron chi connectivity index (χ3n) is 4.80. The van der Waals surface area contributed by atoms with Crippen LogP contribution in [-0.4, -0.2) is 48.5 Å². The number of amides is 1. The first kappa shape index (κ1) is 19.6. The minimum atomic E-state index is -2.84. The maximum Gasteiger partial charge on any atom is 0.387 e. The molecule has 1 aliphatic heterocycles. The van der Waals surface area contributed by atoms with Crippen molar-refractivity contribution in [2.24, 2.45) is 0 Å². The molecule has 4 rings (SSSR count). The van der Waals surface area contributed by atoms with Gasteiger partial charge in [0.25, 0.3) is 5.91 Å². The second-order valence-corrected chi connectivity index (χ2v) is 7.80. The number of hydrogen-bond donors (Lipinski definition) is 0. The van der Waals surface area contributed by atoms with Gasteiger partial charge in [-0.3, -0.25) is 9.69 Å². The van der Waals surface area contributed by atoms with Crippen molar-refractivity contribution in [2.75, 3.05) is 26.2 Å². The number of nitrogens with zero attached hydrogens (tertiary/aromatic N) is 2. The molecule has 1 saturated heterocycles. The van der Waals surface area contributed by atoms with Gasteiger partial charge in [-0.15, -0.1) is 11.3 Å². The first-order chi connectivity index (χ1) is 14.1. The van der Waals surface area contributed by atoms with Crippen LogP contribution in [0.15, 0.2) is 59.2 Å². The summed E-state index contributed by atoms with van der Waals surface area (Å²) in [5.41, 5.74) is 0.860. The summed E-state index contributed by atoms with van der Waals surface area (Å²) in [6.45, 7) is 0.862. The van der Waals surface area contributed by atoms with E-state index in [4.69, 9.17) is 4.42 Å². The normalized spacial score (nSPS) is 15.1. The molecule has 2 aromatic heterocycles. The lowest BCUT2D eigenvalue weighted by atomic mass is 10.2. The van der Waals surface area contributed by atoms with Crippen molar-refractivity contribution < 1.29 is 22.7 Å². The minimum absolute atomic E-state index is 0.0246. The van der Waals surface area contributed by atoms with E-state index in [0.29, 0.717) is 18.0 Å². The molecule has 0 bridgehead atoms. The van der Waals surface area contributed by atoms with Crippen molar-refractivity contribution in [3.05, 3.63) is 65.4 Å². The molecule has 3 aromatic rings. The van der Waals surface area contributed by atoms with Crippen molar-refractivity contribution >= 4 is 17.2 Å². The zero-order valence-electron chi connectivity index (χ0n) is 15.6. The second-order valence-electron chi connectivity index (χ2n) is 6.71. The lowest BCUT2D eigenvalue weighted by Gasteiger charge is -2.34. The molecule has 1 fully saturated rings. The smallest absolute Gasteiger partial charge is 0.387 e. The molecular weight excluding hydrogens is 398 g/mol. The van der Waals surface area contributed by atoms with Crippen molar-refractivity contribution in [1.29, 1.82) is 0 Å². The summed E-state index contributed by atoms with van der Waals surface area (Å²) in [6.07, 6.45) is 1.67. The fourth-order valence-corrected chi connectivity index (χ4v) is 4.28. The van der Waals surface area contributed by atoms with Crippen LogP contribution in [-0.2, 0) is 6.54 Å². The first-order valence-corrected chi connectivity index (χ1v) is 10.1. The average molecular weight is 418 g/mol. The highest BCUT2D eigenvalue weighted by Gasteiger charge is 2.23. The zero-order chi connectivity index (χ0) is 20.2. The van der Waals surface area contributed by atoms with Gasteiger partial charge in [0.15, 0.2) is 0 Å². The molecule has 0 aliphatic carbocycles. The monoisotopic (exact) mass is 418 g/mol. The third-order valence-corrected chi connectivity index (χ3v) is 5.92. The van der Waals surface area contributed by atoms with E-state index >= 15 is 0 Å². The van der Waals surface area contributed by atoms with Crippen LogP contribution in [0.2, 0.25) is 0 Å². The van der Waals surface area contributed by atoms with E-state index in [1.165, 1.54) is 23.5 Å². The number of furan rings is 1. The van der Waals surface area contributed by atoms with Gasteiger partial charge >= 0.3 is 6.61 Å². The molecule has 0 N–H and O–H groups in total. The molecule has 0 atom stereocenters. The Morgan fingerprint density at radius 1 is 1.07 bits per heavy atom. The minimum Gasteiger partial charge on any atom is -0.468 e. The van der Waals surface area contributed by atoms with Crippen LogP contribution in [0, 0.1) is 0 Å². The van der Waals surface area contributed by atoms with Crippen molar-refractivity contribution in [2.45, 2.75) is 13.2 Å². The van der Waals surface area contributed by atoms with E-state index in [1.807, 2.05) is 29.2 Å². The number of alkyl halides is 2. The summed E-state index contributed by atoms with van der Waals surface area (Å²) in [6, 6.07) is 14.0. The highest BCUT2D eigenvalue weighted by molar-refractivity contribution is 7.17. The summed E-state index contributed by atoms with van der Waals surface area (Å²) in [5.74, 6) is 1.07. The number of ether oxygens (including phenoxy) is 1. The van der Waals surface area contributed by atoms with Crippen LogP contribution < -0.4 is 4.74 Å². The largest absolute Gasteiger partial charge is 0.468 e. The van der Waals surface area contributed by atoms with Crippen molar-refractivity contribution in [3.63, 3.8) is 0 Å². The highest BCUT2D eigenvalue weighted by atomic mass is 32.1. The molecule has 1 aliphatic rings. The SMILES string of the molecule is O=C(c1ccc(-c2ccc(OC(F)F)cc2)s1)N1CCN(Cc2ccco2)CC1. The van der Waals surface area contributed by atoms with Crippen LogP contribution in [0.3, 0.4) is 0 Å². The van der Waals surface area contributed by atoms with Gasteiger partial charge in [0, 0.05) is 31.1 Å². The van der Waals surface area contributed by atoms with Gasteiger partial charge in [-0.05, 0) is 54.1 Å². The molecule has 0 unspecified atom stereocenters. The fraction of sp³-hybridized carbons (Fsp3) is 0.286. The Labute approximate surface area is 171 Å². The second kappa shape index (κ2) is 8.75. The predicted octanol–water partition coefficient (Wildman–Crippen LogP) is 4.57. The summed E-state index contributed by atoms with van der Waals surface area (Å²) < 4.78 is 34.3. The molecule has 0 saturated carbocycles. The van der Waals surface area contributed by atoms with E-state index in [-0.39, 0.29) is 11.7 Å². The highest BCUT2D eigenvalue weighted by Crippen LogP contribution is 2.30. The molecule has 1 amide bonds. The van der Waals surface area contributed by atoms with E-state index < -0.39 is 6.61 Å². The van der Waals surface area contributed by atoms with Crippen LogP contribution in [0.4, 0.5) is 8.78 Å². The number of benzene rings is 1. The fourth-order valence-electron chi connectivity index (χ4n) is 3.30. The molecule has 3 heterocycles. The molecule has 152 valence electrons. The van der Waals surface area contributed by atoms with E-state index in [2.05, 4.69) is 9.64 Å². The van der Waals surface area contributed by atoms with E-state index in [0.717, 1.165) is 35.8 Å². The molecule has 5 nitrogen and oxygen atoms in total. The summed E-state index contributed by atoms with van der Waals surface area (Å²) in [7, 11) is 0. The van der Waals surface area contributed by atoms with E-state index in [9.17, 15) is 13.6 Å². The number of hydrogen-bond acceptors (Lipinski definition) is 5. The molecule has 1 aromatic carbocycles. The van der Waals surface area contributed by atoms with Crippen molar-refractivity contribution in [1.82, 2.24) is 9.80 Å². The number of thiophene rings is 1. The van der Waals surface area contributed by atoms with Crippen molar-refractivity contribution in [3.8, 4) is 16.2 Å². The lowest BCUT2D eigenvalue weighted by molar-refractivity contribution is -0.0498. The van der Waals surface area contributed by atoms with Crippen LogP contribution in [0.1, 0.15) is 15.4 Å². The van der Waals surface area contributed by atoms with Gasteiger partial charge in [0.1, 0.15) is 11.5 Å². The van der Waals surface area contributed by atoms with Gasteiger partial charge in [-0.25, -0.2) is 0 Å². The number of carbonyl (C=O) groups is 1. The Balaban J connectivity index is 1.35. The zero-order valence-corrected chi connectivity index (χ0v) is 16.4. The lowest BCUT2D eigenvalue weighted by Crippen LogP contribution is -2.48. The molecule has 0 radical (unpaired) electrons. The molecular formula is C21H20F2N2O3S. The number of carbonyl (C=O) groups excluding carboxylic acids is 1. The van der Waals surface area contributed by atoms with Gasteiger partial charge in [-0.1, -0.05) is 0 Å². The molecule has 29 heavy (non-hydrogen) atoms. The average Bonchev–Trinajstić information content (AvgIpc) is 3.40. The Hall–Kier alpha value is -2.71. The third kappa shape index (κ3) is 4.83. The van der Waals surface area contributed by atoms with Gasteiger partial charge in [0.05, 0.1) is 17.7 Å². The standard InChI is InChI=1S/C21H20F2N2O3S/c22-21(23)28-16-5-3-15(4-6-16)18-7-8-19(29-18)20(26)25-11-9-24(10-12-25)14-17-2-1-13-27-17/h1-8,13,21H,9-12,14H2.